The Balaban J connectivity index is 2.16. The Bertz CT molecular complexity index is 481. The lowest BCUT2D eigenvalue weighted by molar-refractivity contribution is -0.108. The number of carbonyl (C=O) groups is 1. The SMILES string of the molecule is O=CCCCC(O)n1nnc2ccccc21. The molecule has 0 bridgehead atoms. The van der Waals surface area contributed by atoms with Crippen LogP contribution < -0.4 is 0 Å². The first kappa shape index (κ1) is 10.8. The second-order valence-electron chi connectivity index (χ2n) is 3.60. The van der Waals surface area contributed by atoms with Gasteiger partial charge in [-0.2, -0.15) is 0 Å². The van der Waals surface area contributed by atoms with Gasteiger partial charge >= 0.3 is 0 Å². The minimum absolute atomic E-state index is 0.462. The van der Waals surface area contributed by atoms with Crippen LogP contribution in [-0.2, 0) is 4.79 Å². The van der Waals surface area contributed by atoms with Crippen molar-refractivity contribution in [2.24, 2.45) is 0 Å². The Morgan fingerprint density at radius 1 is 1.44 bits per heavy atom. The molecule has 16 heavy (non-hydrogen) atoms. The van der Waals surface area contributed by atoms with E-state index in [0.29, 0.717) is 19.3 Å². The number of aliphatic hydroxyl groups excluding tert-OH is 1. The Morgan fingerprint density at radius 3 is 3.06 bits per heavy atom. The van der Waals surface area contributed by atoms with Crippen molar-refractivity contribution in [3.63, 3.8) is 0 Å². The van der Waals surface area contributed by atoms with E-state index >= 15 is 0 Å². The summed E-state index contributed by atoms with van der Waals surface area (Å²) in [5.41, 5.74) is 1.57. The average molecular weight is 219 g/mol. The van der Waals surface area contributed by atoms with E-state index in [9.17, 15) is 9.90 Å². The molecular weight excluding hydrogens is 206 g/mol. The first-order valence-electron chi connectivity index (χ1n) is 5.24. The second kappa shape index (κ2) is 4.85. The van der Waals surface area contributed by atoms with Crippen molar-refractivity contribution >= 4 is 17.3 Å². The summed E-state index contributed by atoms with van der Waals surface area (Å²) >= 11 is 0. The molecule has 0 aliphatic rings. The molecule has 0 aliphatic heterocycles. The molecule has 0 aliphatic carbocycles. The monoisotopic (exact) mass is 219 g/mol. The lowest BCUT2D eigenvalue weighted by Crippen LogP contribution is -2.09. The van der Waals surface area contributed by atoms with Gasteiger partial charge in [0.2, 0.25) is 0 Å². The zero-order valence-corrected chi connectivity index (χ0v) is 8.78. The number of fused-ring (bicyclic) bond motifs is 1. The summed E-state index contributed by atoms with van der Waals surface area (Å²) in [5.74, 6) is 0. The summed E-state index contributed by atoms with van der Waals surface area (Å²) in [6.07, 6.45) is 1.76. The van der Waals surface area contributed by atoms with Crippen molar-refractivity contribution in [2.45, 2.75) is 25.5 Å². The van der Waals surface area contributed by atoms with Gasteiger partial charge in [0, 0.05) is 6.42 Å². The highest BCUT2D eigenvalue weighted by molar-refractivity contribution is 5.73. The van der Waals surface area contributed by atoms with Gasteiger partial charge in [0.05, 0.1) is 5.52 Å². The van der Waals surface area contributed by atoms with E-state index in [0.717, 1.165) is 17.3 Å². The van der Waals surface area contributed by atoms with Crippen LogP contribution in [0.1, 0.15) is 25.5 Å². The molecule has 2 aromatic rings. The molecule has 1 N–H and O–H groups in total. The van der Waals surface area contributed by atoms with Gasteiger partial charge in [-0.05, 0) is 25.0 Å². The van der Waals surface area contributed by atoms with E-state index in [1.165, 1.54) is 4.68 Å². The van der Waals surface area contributed by atoms with Gasteiger partial charge in [-0.25, -0.2) is 4.68 Å². The number of aliphatic hydroxyl groups is 1. The molecule has 0 saturated heterocycles. The summed E-state index contributed by atoms with van der Waals surface area (Å²) < 4.78 is 1.49. The van der Waals surface area contributed by atoms with E-state index in [-0.39, 0.29) is 0 Å². The highest BCUT2D eigenvalue weighted by Gasteiger charge is 2.11. The van der Waals surface area contributed by atoms with Crippen LogP contribution in [0.25, 0.3) is 11.0 Å². The molecule has 2 rings (SSSR count). The van der Waals surface area contributed by atoms with Crippen LogP contribution in [0.5, 0.6) is 0 Å². The van der Waals surface area contributed by atoms with Crippen molar-refractivity contribution < 1.29 is 9.90 Å². The van der Waals surface area contributed by atoms with Crippen molar-refractivity contribution in [2.75, 3.05) is 0 Å². The maximum Gasteiger partial charge on any atom is 0.149 e. The van der Waals surface area contributed by atoms with Gasteiger partial charge in [-0.1, -0.05) is 17.3 Å². The molecule has 84 valence electrons. The Labute approximate surface area is 92.7 Å². The molecule has 0 spiro atoms. The first-order chi connectivity index (χ1) is 7.83. The molecule has 1 aromatic carbocycles. The fraction of sp³-hybridized carbons (Fsp3) is 0.364. The number of carbonyl (C=O) groups excluding carboxylic acids is 1. The number of benzene rings is 1. The summed E-state index contributed by atoms with van der Waals surface area (Å²) in [5, 5.41) is 17.7. The maximum atomic E-state index is 10.2. The van der Waals surface area contributed by atoms with E-state index in [1.54, 1.807) is 0 Å². The molecule has 0 fully saturated rings. The van der Waals surface area contributed by atoms with Crippen molar-refractivity contribution in [1.29, 1.82) is 0 Å². The van der Waals surface area contributed by atoms with Crippen molar-refractivity contribution in [1.82, 2.24) is 15.0 Å². The van der Waals surface area contributed by atoms with E-state index in [4.69, 9.17) is 0 Å². The van der Waals surface area contributed by atoms with E-state index < -0.39 is 6.23 Å². The Hall–Kier alpha value is -1.75. The molecule has 1 atom stereocenters. The highest BCUT2D eigenvalue weighted by atomic mass is 16.3. The zero-order chi connectivity index (χ0) is 11.4. The van der Waals surface area contributed by atoms with Gasteiger partial charge in [0.1, 0.15) is 18.0 Å². The average Bonchev–Trinajstić information content (AvgIpc) is 2.73. The topological polar surface area (TPSA) is 68.0 Å². The molecule has 0 saturated carbocycles. The number of aldehydes is 1. The largest absolute Gasteiger partial charge is 0.372 e. The van der Waals surface area contributed by atoms with Gasteiger partial charge in [0.25, 0.3) is 0 Å². The molecular formula is C11H13N3O2. The number of aromatic nitrogens is 3. The lowest BCUT2D eigenvalue weighted by atomic mass is 10.2. The van der Waals surface area contributed by atoms with Crippen LogP contribution in [-0.4, -0.2) is 26.4 Å². The van der Waals surface area contributed by atoms with Crippen LogP contribution in [0.4, 0.5) is 0 Å². The third kappa shape index (κ3) is 2.09. The predicted molar refractivity (Wildman–Crippen MR) is 58.7 cm³/mol. The van der Waals surface area contributed by atoms with Gasteiger partial charge < -0.3 is 9.90 Å². The molecule has 1 heterocycles. The standard InChI is InChI=1S/C11H13N3O2/c15-8-4-3-7-11(16)14-10-6-2-1-5-9(10)12-13-14/h1-2,5-6,8,11,16H,3-4,7H2. The quantitative estimate of drug-likeness (QED) is 0.607. The highest BCUT2D eigenvalue weighted by Crippen LogP contribution is 2.17. The number of rotatable bonds is 5. The number of hydrogen-bond donors (Lipinski definition) is 1. The molecule has 5 heteroatoms. The van der Waals surface area contributed by atoms with Crippen LogP contribution in [0.15, 0.2) is 24.3 Å². The molecule has 1 unspecified atom stereocenters. The van der Waals surface area contributed by atoms with Gasteiger partial charge in [-0.15, -0.1) is 5.10 Å². The summed E-state index contributed by atoms with van der Waals surface area (Å²) in [6, 6.07) is 7.45. The maximum absolute atomic E-state index is 10.2. The van der Waals surface area contributed by atoms with Gasteiger partial charge in [0.15, 0.2) is 0 Å². The molecule has 0 amide bonds. The fourth-order valence-electron chi connectivity index (χ4n) is 1.61. The fourth-order valence-corrected chi connectivity index (χ4v) is 1.61. The Morgan fingerprint density at radius 2 is 2.25 bits per heavy atom. The van der Waals surface area contributed by atoms with Crippen LogP contribution in [0.2, 0.25) is 0 Å². The van der Waals surface area contributed by atoms with E-state index in [1.807, 2.05) is 24.3 Å². The van der Waals surface area contributed by atoms with Crippen LogP contribution >= 0.6 is 0 Å². The normalized spacial score (nSPS) is 12.8. The summed E-state index contributed by atoms with van der Waals surface area (Å²) in [6.45, 7) is 0. The van der Waals surface area contributed by atoms with Crippen LogP contribution in [0.3, 0.4) is 0 Å². The lowest BCUT2D eigenvalue weighted by Gasteiger charge is -2.09. The summed E-state index contributed by atoms with van der Waals surface area (Å²) in [4.78, 5) is 10.2. The smallest absolute Gasteiger partial charge is 0.149 e. The van der Waals surface area contributed by atoms with Gasteiger partial charge in [-0.3, -0.25) is 0 Å². The molecule has 0 radical (unpaired) electrons. The minimum atomic E-state index is -0.715. The van der Waals surface area contributed by atoms with E-state index in [2.05, 4.69) is 10.3 Å². The first-order valence-corrected chi connectivity index (χ1v) is 5.24. The van der Waals surface area contributed by atoms with Crippen molar-refractivity contribution in [3.05, 3.63) is 24.3 Å². The third-order valence-electron chi connectivity index (χ3n) is 2.44. The number of nitrogens with zero attached hydrogens (tertiary/aromatic N) is 3. The predicted octanol–water partition coefficient (Wildman–Crippen LogP) is 1.29. The minimum Gasteiger partial charge on any atom is -0.372 e. The number of unbranched alkanes of at least 4 members (excludes halogenated alkanes) is 1. The van der Waals surface area contributed by atoms with Crippen molar-refractivity contribution in [3.8, 4) is 0 Å². The summed E-state index contributed by atoms with van der Waals surface area (Å²) in [7, 11) is 0. The third-order valence-corrected chi connectivity index (χ3v) is 2.44. The number of hydrogen-bond acceptors (Lipinski definition) is 4. The van der Waals surface area contributed by atoms with Crippen LogP contribution in [0, 0.1) is 0 Å². The zero-order valence-electron chi connectivity index (χ0n) is 8.78. The number of para-hydroxylation sites is 1. The molecule has 1 aromatic heterocycles. The second-order valence-corrected chi connectivity index (χ2v) is 3.60. The Kier molecular flexibility index (Phi) is 3.26. The molecule has 5 nitrogen and oxygen atoms in total.